The zero-order valence-electron chi connectivity index (χ0n) is 15.9. The van der Waals surface area contributed by atoms with Crippen molar-refractivity contribution in [3.05, 3.63) is 59.4 Å². The van der Waals surface area contributed by atoms with E-state index >= 15 is 0 Å². The Hall–Kier alpha value is -2.33. The maximum absolute atomic E-state index is 9.16. The van der Waals surface area contributed by atoms with Crippen molar-refractivity contribution < 1.29 is 9.84 Å². The van der Waals surface area contributed by atoms with Crippen molar-refractivity contribution in [2.45, 2.75) is 46.1 Å². The fourth-order valence-corrected chi connectivity index (χ4v) is 3.29. The topological polar surface area (TPSA) is 47.3 Å². The molecule has 0 aliphatic carbocycles. The first kappa shape index (κ1) is 18.5. The van der Waals surface area contributed by atoms with Crippen LogP contribution >= 0.6 is 0 Å². The maximum atomic E-state index is 9.16. The Morgan fingerprint density at radius 3 is 2.73 bits per heavy atom. The van der Waals surface area contributed by atoms with Gasteiger partial charge >= 0.3 is 0 Å². The Balaban J connectivity index is 1.79. The molecule has 0 saturated carbocycles. The lowest BCUT2D eigenvalue weighted by molar-refractivity contribution is 0.282. The molecule has 4 heteroatoms. The van der Waals surface area contributed by atoms with Gasteiger partial charge in [0.25, 0.3) is 0 Å². The van der Waals surface area contributed by atoms with E-state index in [0.717, 1.165) is 42.0 Å². The third kappa shape index (κ3) is 4.07. The van der Waals surface area contributed by atoms with Crippen LogP contribution in [0, 0.1) is 6.92 Å². The van der Waals surface area contributed by atoms with Gasteiger partial charge < -0.3 is 14.4 Å². The fraction of sp³-hybridized carbons (Fsp3) is 0.409. The average molecular weight is 352 g/mol. The Morgan fingerprint density at radius 2 is 1.96 bits per heavy atom. The van der Waals surface area contributed by atoms with Crippen molar-refractivity contribution in [3.63, 3.8) is 0 Å². The molecule has 3 rings (SSSR count). The molecule has 0 spiro atoms. The Kier molecular flexibility index (Phi) is 5.94. The number of nitrogens with zero attached hydrogens (tertiary/aromatic N) is 2. The number of rotatable bonds is 8. The second-order valence-corrected chi connectivity index (χ2v) is 7.04. The number of fused-ring (bicyclic) bond motifs is 1. The van der Waals surface area contributed by atoms with Crippen molar-refractivity contribution in [3.8, 4) is 5.75 Å². The highest BCUT2D eigenvalue weighted by Crippen LogP contribution is 2.27. The van der Waals surface area contributed by atoms with Crippen LogP contribution in [0.25, 0.3) is 11.0 Å². The lowest BCUT2D eigenvalue weighted by atomic mass is 10.0. The molecule has 0 radical (unpaired) electrons. The van der Waals surface area contributed by atoms with Gasteiger partial charge in [0, 0.05) is 13.0 Å². The first-order valence-electron chi connectivity index (χ1n) is 9.38. The summed E-state index contributed by atoms with van der Waals surface area (Å²) < 4.78 is 8.38. The molecule has 0 atom stereocenters. The molecule has 1 heterocycles. The summed E-state index contributed by atoms with van der Waals surface area (Å²) in [6.45, 7) is 7.98. The van der Waals surface area contributed by atoms with Crippen LogP contribution in [0.2, 0.25) is 0 Å². The summed E-state index contributed by atoms with van der Waals surface area (Å²) in [6.07, 6.45) is 1.49. The van der Waals surface area contributed by atoms with Gasteiger partial charge in [0.15, 0.2) is 0 Å². The number of para-hydroxylation sites is 2. The van der Waals surface area contributed by atoms with Crippen LogP contribution in [0.15, 0.2) is 42.5 Å². The van der Waals surface area contributed by atoms with Crippen molar-refractivity contribution in [2.24, 2.45) is 0 Å². The molecular weight excluding hydrogens is 324 g/mol. The molecule has 4 nitrogen and oxygen atoms in total. The van der Waals surface area contributed by atoms with Crippen molar-refractivity contribution in [1.82, 2.24) is 9.55 Å². The van der Waals surface area contributed by atoms with Gasteiger partial charge in [-0.2, -0.15) is 0 Å². The van der Waals surface area contributed by atoms with E-state index in [9.17, 15) is 0 Å². The van der Waals surface area contributed by atoms with E-state index in [4.69, 9.17) is 14.8 Å². The molecule has 2 aromatic carbocycles. The molecule has 0 amide bonds. The predicted octanol–water partition coefficient (Wildman–Crippen LogP) is 4.47. The number of ether oxygens (including phenoxy) is 1. The van der Waals surface area contributed by atoms with E-state index in [-0.39, 0.29) is 6.61 Å². The second-order valence-electron chi connectivity index (χ2n) is 7.04. The molecule has 1 N–H and O–H groups in total. The summed E-state index contributed by atoms with van der Waals surface area (Å²) in [5, 5.41) is 9.16. The number of aromatic nitrogens is 2. The van der Waals surface area contributed by atoms with Crippen LogP contribution in [0.3, 0.4) is 0 Å². The predicted molar refractivity (Wildman–Crippen MR) is 106 cm³/mol. The molecule has 3 aromatic rings. The third-order valence-corrected chi connectivity index (χ3v) is 4.66. The van der Waals surface area contributed by atoms with Gasteiger partial charge in [0.1, 0.15) is 18.2 Å². The summed E-state index contributed by atoms with van der Waals surface area (Å²) in [5.41, 5.74) is 4.57. The summed E-state index contributed by atoms with van der Waals surface area (Å²) in [7, 11) is 0. The van der Waals surface area contributed by atoms with Crippen LogP contribution in [-0.2, 0) is 13.0 Å². The second kappa shape index (κ2) is 8.37. The van der Waals surface area contributed by atoms with Crippen molar-refractivity contribution in [1.29, 1.82) is 0 Å². The lowest BCUT2D eigenvalue weighted by Gasteiger charge is -2.16. The van der Waals surface area contributed by atoms with E-state index in [1.807, 2.05) is 18.2 Å². The Bertz CT molecular complexity index is 868. The first-order valence-corrected chi connectivity index (χ1v) is 9.38. The summed E-state index contributed by atoms with van der Waals surface area (Å²) in [6, 6.07) is 14.6. The van der Waals surface area contributed by atoms with E-state index in [2.05, 4.69) is 49.6 Å². The van der Waals surface area contributed by atoms with E-state index < -0.39 is 0 Å². The molecule has 26 heavy (non-hydrogen) atoms. The van der Waals surface area contributed by atoms with Gasteiger partial charge in [0.05, 0.1) is 17.6 Å². The van der Waals surface area contributed by atoms with Gasteiger partial charge in [-0.3, -0.25) is 0 Å². The van der Waals surface area contributed by atoms with Gasteiger partial charge in [-0.05, 0) is 48.6 Å². The molecule has 0 aliphatic rings. The highest BCUT2D eigenvalue weighted by molar-refractivity contribution is 5.75. The molecule has 138 valence electrons. The van der Waals surface area contributed by atoms with Gasteiger partial charge in [0.2, 0.25) is 0 Å². The molecule has 0 bridgehead atoms. The van der Waals surface area contributed by atoms with Crippen molar-refractivity contribution in [2.75, 3.05) is 13.2 Å². The minimum Gasteiger partial charge on any atom is -0.491 e. The molecule has 1 aromatic heterocycles. The fourth-order valence-electron chi connectivity index (χ4n) is 3.29. The molecule has 0 fully saturated rings. The minimum absolute atomic E-state index is 0.181. The average Bonchev–Trinajstić information content (AvgIpc) is 2.97. The smallest absolute Gasteiger partial charge is 0.123 e. The van der Waals surface area contributed by atoms with Crippen LogP contribution < -0.4 is 4.74 Å². The molecule has 0 saturated heterocycles. The van der Waals surface area contributed by atoms with Gasteiger partial charge in [-0.15, -0.1) is 0 Å². The Labute approximate surface area is 155 Å². The number of aliphatic hydroxyl groups excluding tert-OH is 1. The molecular formula is C22H28N2O2. The van der Waals surface area contributed by atoms with Gasteiger partial charge in [-0.1, -0.05) is 38.1 Å². The van der Waals surface area contributed by atoms with Crippen LogP contribution in [0.5, 0.6) is 5.75 Å². The minimum atomic E-state index is 0.181. The van der Waals surface area contributed by atoms with Crippen LogP contribution in [0.4, 0.5) is 0 Å². The Morgan fingerprint density at radius 1 is 1.15 bits per heavy atom. The summed E-state index contributed by atoms with van der Waals surface area (Å²) in [5.74, 6) is 2.42. The largest absolute Gasteiger partial charge is 0.491 e. The zero-order chi connectivity index (χ0) is 18.5. The lowest BCUT2D eigenvalue weighted by Crippen LogP contribution is -2.12. The normalized spacial score (nSPS) is 11.4. The number of hydrogen-bond acceptors (Lipinski definition) is 3. The highest BCUT2D eigenvalue weighted by Gasteiger charge is 2.12. The van der Waals surface area contributed by atoms with Crippen LogP contribution in [-0.4, -0.2) is 27.9 Å². The number of aliphatic hydroxyl groups is 1. The highest BCUT2D eigenvalue weighted by atomic mass is 16.5. The number of benzene rings is 2. The monoisotopic (exact) mass is 352 g/mol. The number of imidazole rings is 1. The van der Waals surface area contributed by atoms with E-state index in [0.29, 0.717) is 12.5 Å². The number of aryl methyl sites for hydroxylation is 2. The van der Waals surface area contributed by atoms with Gasteiger partial charge in [-0.25, -0.2) is 4.98 Å². The van der Waals surface area contributed by atoms with Crippen LogP contribution in [0.1, 0.15) is 43.1 Å². The first-order chi connectivity index (χ1) is 12.6. The maximum Gasteiger partial charge on any atom is 0.123 e. The van der Waals surface area contributed by atoms with Crippen molar-refractivity contribution >= 4 is 11.0 Å². The SMILES string of the molecule is Cc1ccc(C(C)C)c(OCCn2c(CCCO)nc3ccccc32)c1. The standard InChI is InChI=1S/C22H28N2O2/c1-16(2)18-11-10-17(3)15-21(18)26-14-12-24-20-8-5-4-7-19(20)23-22(24)9-6-13-25/h4-5,7-8,10-11,15-16,25H,6,9,12-14H2,1-3H3. The molecule has 0 unspecified atom stereocenters. The quantitative estimate of drug-likeness (QED) is 0.650. The summed E-state index contributed by atoms with van der Waals surface area (Å²) >= 11 is 0. The number of hydrogen-bond donors (Lipinski definition) is 1. The van der Waals surface area contributed by atoms with E-state index in [1.165, 1.54) is 11.1 Å². The van der Waals surface area contributed by atoms with E-state index in [1.54, 1.807) is 0 Å². The molecule has 0 aliphatic heterocycles. The summed E-state index contributed by atoms with van der Waals surface area (Å²) in [4.78, 5) is 4.73. The zero-order valence-corrected chi connectivity index (χ0v) is 15.9. The third-order valence-electron chi connectivity index (χ3n) is 4.66.